The monoisotopic (exact) mass is 361 g/mol. The summed E-state index contributed by atoms with van der Waals surface area (Å²) in [5.41, 5.74) is 2.89. The lowest BCUT2D eigenvalue weighted by atomic mass is 10.2. The molecule has 21 heavy (non-hydrogen) atoms. The molecule has 0 heterocycles. The molecule has 0 saturated carbocycles. The Balaban J connectivity index is 1.99. The quantitative estimate of drug-likeness (QED) is 0.603. The highest BCUT2D eigenvalue weighted by molar-refractivity contribution is 9.10. The number of amides is 1. The van der Waals surface area contributed by atoms with E-state index in [9.17, 15) is 4.79 Å². The molecule has 108 valence electrons. The summed E-state index contributed by atoms with van der Waals surface area (Å²) in [6, 6.07) is 13.8. The zero-order valence-electron chi connectivity index (χ0n) is 11.9. The Morgan fingerprint density at radius 2 is 1.90 bits per heavy atom. The molecule has 2 aromatic rings. The van der Waals surface area contributed by atoms with Gasteiger partial charge in [-0.25, -0.2) is 0 Å². The third kappa shape index (κ3) is 4.76. The van der Waals surface area contributed by atoms with Crippen molar-refractivity contribution in [2.45, 2.75) is 11.8 Å². The van der Waals surface area contributed by atoms with Crippen LogP contribution < -0.4 is 5.32 Å². The predicted octanol–water partition coefficient (Wildman–Crippen LogP) is 5.13. The Morgan fingerprint density at radius 3 is 2.52 bits per heavy atom. The first-order valence-corrected chi connectivity index (χ1v) is 8.49. The van der Waals surface area contributed by atoms with Gasteiger partial charge in [0.25, 0.3) is 0 Å². The van der Waals surface area contributed by atoms with Crippen LogP contribution in [-0.4, -0.2) is 12.2 Å². The van der Waals surface area contributed by atoms with E-state index in [0.29, 0.717) is 0 Å². The van der Waals surface area contributed by atoms with Crippen LogP contribution in [0.15, 0.2) is 57.9 Å². The Bertz CT molecular complexity index is 665. The van der Waals surface area contributed by atoms with Crippen molar-refractivity contribution in [1.82, 2.24) is 0 Å². The lowest BCUT2D eigenvalue weighted by Gasteiger charge is -2.04. The molecular formula is C17H16BrNOS. The van der Waals surface area contributed by atoms with Gasteiger partial charge in [0.2, 0.25) is 5.91 Å². The molecule has 2 rings (SSSR count). The Morgan fingerprint density at radius 1 is 1.19 bits per heavy atom. The molecule has 4 heteroatoms. The Labute approximate surface area is 137 Å². The Hall–Kier alpha value is -1.52. The third-order valence-electron chi connectivity index (χ3n) is 2.97. The fraction of sp³-hybridized carbons (Fsp3) is 0.118. The number of anilines is 1. The zero-order chi connectivity index (χ0) is 15.2. The molecule has 0 fully saturated rings. The lowest BCUT2D eigenvalue weighted by molar-refractivity contribution is -0.111. The minimum Gasteiger partial charge on any atom is -0.323 e. The number of thioether (sulfide) groups is 1. The fourth-order valence-corrected chi connectivity index (χ4v) is 2.45. The van der Waals surface area contributed by atoms with E-state index in [1.165, 1.54) is 4.90 Å². The van der Waals surface area contributed by atoms with Crippen LogP contribution in [0.5, 0.6) is 0 Å². The molecule has 2 nitrogen and oxygen atoms in total. The minimum absolute atomic E-state index is 0.134. The first-order chi connectivity index (χ1) is 10.1. The topological polar surface area (TPSA) is 29.1 Å². The number of nitrogens with one attached hydrogen (secondary N) is 1. The molecular weight excluding hydrogens is 346 g/mol. The number of aryl methyl sites for hydroxylation is 1. The second kappa shape index (κ2) is 7.48. The molecule has 0 radical (unpaired) electrons. The number of hydrogen-bond donors (Lipinski definition) is 1. The van der Waals surface area contributed by atoms with Crippen molar-refractivity contribution in [3.8, 4) is 0 Å². The van der Waals surface area contributed by atoms with Gasteiger partial charge in [0.15, 0.2) is 0 Å². The molecule has 0 aliphatic carbocycles. The molecule has 0 spiro atoms. The van der Waals surface area contributed by atoms with Crippen LogP contribution in [0.3, 0.4) is 0 Å². The van der Waals surface area contributed by atoms with Gasteiger partial charge in [0.1, 0.15) is 0 Å². The number of carbonyl (C=O) groups is 1. The average molecular weight is 362 g/mol. The van der Waals surface area contributed by atoms with Crippen molar-refractivity contribution in [1.29, 1.82) is 0 Å². The summed E-state index contributed by atoms with van der Waals surface area (Å²) in [7, 11) is 0. The van der Waals surface area contributed by atoms with Gasteiger partial charge >= 0.3 is 0 Å². The summed E-state index contributed by atoms with van der Waals surface area (Å²) < 4.78 is 1.03. The van der Waals surface area contributed by atoms with Gasteiger partial charge in [0, 0.05) is 21.1 Å². The number of carbonyl (C=O) groups excluding carboxylic acids is 1. The highest BCUT2D eigenvalue weighted by Gasteiger charge is 2.00. The van der Waals surface area contributed by atoms with Gasteiger partial charge in [-0.05, 0) is 60.7 Å². The van der Waals surface area contributed by atoms with Crippen molar-refractivity contribution >= 4 is 45.4 Å². The predicted molar refractivity (Wildman–Crippen MR) is 94.8 cm³/mol. The van der Waals surface area contributed by atoms with Gasteiger partial charge in [0.05, 0.1) is 0 Å². The van der Waals surface area contributed by atoms with Crippen molar-refractivity contribution in [3.05, 3.63) is 64.1 Å². The minimum atomic E-state index is -0.134. The SMILES string of the molecule is CSc1ccc(C=CC(=O)Nc2ccc(Br)c(C)c2)cc1. The second-order valence-electron chi connectivity index (χ2n) is 4.56. The number of halogens is 1. The van der Waals surface area contributed by atoms with Crippen LogP contribution in [0.1, 0.15) is 11.1 Å². The van der Waals surface area contributed by atoms with E-state index in [4.69, 9.17) is 0 Å². The molecule has 0 atom stereocenters. The number of rotatable bonds is 4. The van der Waals surface area contributed by atoms with E-state index in [2.05, 4.69) is 21.2 Å². The van der Waals surface area contributed by atoms with Crippen LogP contribution >= 0.6 is 27.7 Å². The van der Waals surface area contributed by atoms with Crippen LogP contribution in [-0.2, 0) is 4.79 Å². The van der Waals surface area contributed by atoms with Crippen LogP contribution in [0, 0.1) is 6.92 Å². The summed E-state index contributed by atoms with van der Waals surface area (Å²) in [6.45, 7) is 1.99. The van der Waals surface area contributed by atoms with Crippen molar-refractivity contribution < 1.29 is 4.79 Å². The van der Waals surface area contributed by atoms with Crippen molar-refractivity contribution in [3.63, 3.8) is 0 Å². The summed E-state index contributed by atoms with van der Waals surface area (Å²) in [5, 5.41) is 2.85. The third-order valence-corrected chi connectivity index (χ3v) is 4.60. The molecule has 1 N–H and O–H groups in total. The standard InChI is InChI=1S/C17H16BrNOS/c1-12-11-14(6-9-16(12)18)19-17(20)10-5-13-3-7-15(21-2)8-4-13/h3-11H,1-2H3,(H,19,20). The van der Waals surface area contributed by atoms with Crippen LogP contribution in [0.2, 0.25) is 0 Å². The molecule has 0 saturated heterocycles. The average Bonchev–Trinajstić information content (AvgIpc) is 2.49. The number of hydrogen-bond acceptors (Lipinski definition) is 2. The lowest BCUT2D eigenvalue weighted by Crippen LogP contribution is -2.07. The second-order valence-corrected chi connectivity index (χ2v) is 6.29. The largest absolute Gasteiger partial charge is 0.323 e. The Kier molecular flexibility index (Phi) is 5.65. The maximum Gasteiger partial charge on any atom is 0.248 e. The van der Waals surface area contributed by atoms with E-state index in [1.54, 1.807) is 17.8 Å². The molecule has 1 amide bonds. The molecule has 0 unspecified atom stereocenters. The first kappa shape index (κ1) is 15.9. The summed E-state index contributed by atoms with van der Waals surface area (Å²) >= 11 is 5.14. The highest BCUT2D eigenvalue weighted by Crippen LogP contribution is 2.20. The van der Waals surface area contributed by atoms with Gasteiger partial charge in [-0.2, -0.15) is 0 Å². The zero-order valence-corrected chi connectivity index (χ0v) is 14.3. The summed E-state index contributed by atoms with van der Waals surface area (Å²) in [4.78, 5) is 13.1. The molecule has 0 aliphatic heterocycles. The van der Waals surface area contributed by atoms with Gasteiger partial charge < -0.3 is 5.32 Å². The van der Waals surface area contributed by atoms with Crippen LogP contribution in [0.25, 0.3) is 6.08 Å². The normalized spacial score (nSPS) is 10.8. The summed E-state index contributed by atoms with van der Waals surface area (Å²) in [5.74, 6) is -0.134. The maximum atomic E-state index is 11.9. The fourth-order valence-electron chi connectivity index (χ4n) is 1.79. The van der Waals surface area contributed by atoms with E-state index in [-0.39, 0.29) is 5.91 Å². The van der Waals surface area contributed by atoms with Crippen molar-refractivity contribution in [2.24, 2.45) is 0 Å². The highest BCUT2D eigenvalue weighted by atomic mass is 79.9. The van der Waals surface area contributed by atoms with Gasteiger partial charge in [-0.1, -0.05) is 28.1 Å². The summed E-state index contributed by atoms with van der Waals surface area (Å²) in [6.07, 6.45) is 5.40. The van der Waals surface area contributed by atoms with E-state index >= 15 is 0 Å². The number of benzene rings is 2. The van der Waals surface area contributed by atoms with E-state index in [1.807, 2.05) is 61.7 Å². The maximum absolute atomic E-state index is 11.9. The molecule has 0 aromatic heterocycles. The molecule has 0 bridgehead atoms. The molecule has 0 aliphatic rings. The first-order valence-electron chi connectivity index (χ1n) is 6.48. The molecule has 2 aromatic carbocycles. The van der Waals surface area contributed by atoms with Gasteiger partial charge in [-0.15, -0.1) is 11.8 Å². The smallest absolute Gasteiger partial charge is 0.248 e. The van der Waals surface area contributed by atoms with Gasteiger partial charge in [-0.3, -0.25) is 4.79 Å². The van der Waals surface area contributed by atoms with E-state index < -0.39 is 0 Å². The van der Waals surface area contributed by atoms with Crippen LogP contribution in [0.4, 0.5) is 5.69 Å². The van der Waals surface area contributed by atoms with Crippen molar-refractivity contribution in [2.75, 3.05) is 11.6 Å². The van der Waals surface area contributed by atoms with E-state index in [0.717, 1.165) is 21.3 Å².